The van der Waals surface area contributed by atoms with Crippen LogP contribution in [0.2, 0.25) is 0 Å². The Bertz CT molecular complexity index is 547. The molecule has 1 atom stereocenters. The molecule has 6 heteroatoms. The van der Waals surface area contributed by atoms with Crippen LogP contribution in [0.3, 0.4) is 0 Å². The van der Waals surface area contributed by atoms with Crippen molar-refractivity contribution in [3.05, 3.63) is 34.7 Å². The van der Waals surface area contributed by atoms with Gasteiger partial charge in [-0.15, -0.1) is 11.3 Å². The Balaban J connectivity index is 2.07. The third kappa shape index (κ3) is 2.94. The van der Waals surface area contributed by atoms with E-state index in [0.29, 0.717) is 0 Å². The first-order valence-electron chi connectivity index (χ1n) is 5.37. The van der Waals surface area contributed by atoms with Crippen molar-refractivity contribution in [3.8, 4) is 0 Å². The zero-order chi connectivity index (χ0) is 13.1. The predicted molar refractivity (Wildman–Crippen MR) is 71.2 cm³/mol. The second-order valence-corrected chi connectivity index (χ2v) is 6.15. The summed E-state index contributed by atoms with van der Waals surface area (Å²) in [7, 11) is 1.33. The highest BCUT2D eigenvalue weighted by Gasteiger charge is 2.17. The molecule has 0 aliphatic rings. The average Bonchev–Trinajstić information content (AvgIpc) is 2.97. The third-order valence-corrected chi connectivity index (χ3v) is 4.50. The highest BCUT2D eigenvalue weighted by molar-refractivity contribution is 8.01. The molecule has 0 bridgehead atoms. The number of furan rings is 1. The van der Waals surface area contributed by atoms with Gasteiger partial charge in [0.15, 0.2) is 4.34 Å². The number of carbonyl (C=O) groups is 1. The van der Waals surface area contributed by atoms with Gasteiger partial charge < -0.3 is 9.15 Å². The van der Waals surface area contributed by atoms with Crippen molar-refractivity contribution < 1.29 is 13.9 Å². The van der Waals surface area contributed by atoms with E-state index in [9.17, 15) is 4.79 Å². The standard InChI is InChI=1S/C12H13NO3S2/c1-7-6-17-12(13-7)18-8(2)9-4-5-10(16-9)11(14)15-3/h4-6,8H,1-3H3. The van der Waals surface area contributed by atoms with E-state index in [1.165, 1.54) is 7.11 Å². The third-order valence-electron chi connectivity index (χ3n) is 2.29. The smallest absolute Gasteiger partial charge is 0.373 e. The Morgan fingerprint density at radius 1 is 1.56 bits per heavy atom. The number of rotatable bonds is 4. The Labute approximate surface area is 113 Å². The quantitative estimate of drug-likeness (QED) is 0.633. The molecule has 0 aliphatic heterocycles. The molecule has 96 valence electrons. The molecule has 0 spiro atoms. The van der Waals surface area contributed by atoms with Crippen LogP contribution in [0.1, 0.15) is 34.2 Å². The molecular formula is C12H13NO3S2. The van der Waals surface area contributed by atoms with Crippen LogP contribution in [0.5, 0.6) is 0 Å². The zero-order valence-electron chi connectivity index (χ0n) is 10.3. The minimum absolute atomic E-state index is 0.106. The molecule has 4 nitrogen and oxygen atoms in total. The van der Waals surface area contributed by atoms with Crippen molar-refractivity contribution in [2.45, 2.75) is 23.4 Å². The second kappa shape index (κ2) is 5.58. The van der Waals surface area contributed by atoms with E-state index in [0.717, 1.165) is 15.8 Å². The first-order chi connectivity index (χ1) is 8.60. The summed E-state index contributed by atoms with van der Waals surface area (Å²) in [6.07, 6.45) is 0. The van der Waals surface area contributed by atoms with Gasteiger partial charge in [-0.1, -0.05) is 11.8 Å². The van der Waals surface area contributed by atoms with Gasteiger partial charge in [-0.05, 0) is 26.0 Å². The lowest BCUT2D eigenvalue weighted by Crippen LogP contribution is -1.98. The van der Waals surface area contributed by atoms with E-state index in [4.69, 9.17) is 4.42 Å². The second-order valence-electron chi connectivity index (χ2n) is 3.71. The summed E-state index contributed by atoms with van der Waals surface area (Å²) in [5.74, 6) is 0.520. The highest BCUT2D eigenvalue weighted by atomic mass is 32.2. The zero-order valence-corrected chi connectivity index (χ0v) is 11.9. The molecule has 0 N–H and O–H groups in total. The lowest BCUT2D eigenvalue weighted by atomic mass is 10.3. The van der Waals surface area contributed by atoms with Gasteiger partial charge in [0, 0.05) is 11.1 Å². The van der Waals surface area contributed by atoms with E-state index in [1.807, 2.05) is 19.2 Å². The van der Waals surface area contributed by atoms with Crippen LogP contribution in [-0.2, 0) is 4.74 Å². The van der Waals surface area contributed by atoms with E-state index < -0.39 is 5.97 Å². The molecule has 18 heavy (non-hydrogen) atoms. The van der Waals surface area contributed by atoms with Gasteiger partial charge in [0.05, 0.1) is 12.4 Å². The van der Waals surface area contributed by atoms with Crippen LogP contribution >= 0.6 is 23.1 Å². The van der Waals surface area contributed by atoms with Crippen molar-refractivity contribution in [1.82, 2.24) is 4.98 Å². The summed E-state index contributed by atoms with van der Waals surface area (Å²) in [5, 5.41) is 2.12. The number of nitrogens with zero attached hydrogens (tertiary/aromatic N) is 1. The molecule has 0 amide bonds. The molecule has 0 saturated carbocycles. The van der Waals surface area contributed by atoms with Gasteiger partial charge in [0.2, 0.25) is 5.76 Å². The van der Waals surface area contributed by atoms with Crippen LogP contribution < -0.4 is 0 Å². The maximum atomic E-state index is 11.3. The van der Waals surface area contributed by atoms with E-state index in [2.05, 4.69) is 9.72 Å². The van der Waals surface area contributed by atoms with E-state index in [1.54, 1.807) is 35.2 Å². The van der Waals surface area contributed by atoms with Crippen LogP contribution in [0.15, 0.2) is 26.3 Å². The van der Waals surface area contributed by atoms with Crippen molar-refractivity contribution in [3.63, 3.8) is 0 Å². The minimum Gasteiger partial charge on any atom is -0.463 e. The largest absolute Gasteiger partial charge is 0.463 e. The summed E-state index contributed by atoms with van der Waals surface area (Å²) in [6.45, 7) is 3.98. The number of aryl methyl sites for hydroxylation is 1. The predicted octanol–water partition coefficient (Wildman–Crippen LogP) is 3.68. The van der Waals surface area contributed by atoms with Crippen LogP contribution in [0, 0.1) is 6.92 Å². The maximum Gasteiger partial charge on any atom is 0.373 e. The summed E-state index contributed by atoms with van der Waals surface area (Å²) in [4.78, 5) is 15.7. The van der Waals surface area contributed by atoms with Gasteiger partial charge in [-0.25, -0.2) is 9.78 Å². The molecule has 2 heterocycles. The van der Waals surface area contributed by atoms with Gasteiger partial charge in [-0.2, -0.15) is 0 Å². The lowest BCUT2D eigenvalue weighted by Gasteiger charge is -2.05. The van der Waals surface area contributed by atoms with E-state index >= 15 is 0 Å². The molecule has 0 aliphatic carbocycles. The van der Waals surface area contributed by atoms with Gasteiger partial charge in [0.1, 0.15) is 5.76 Å². The molecule has 1 unspecified atom stereocenters. The first-order valence-corrected chi connectivity index (χ1v) is 7.13. The van der Waals surface area contributed by atoms with Crippen LogP contribution in [-0.4, -0.2) is 18.1 Å². The number of thiazole rings is 1. The molecule has 0 saturated heterocycles. The first kappa shape index (κ1) is 13.2. The SMILES string of the molecule is COC(=O)c1ccc(C(C)Sc2nc(C)cs2)o1. The molecule has 0 fully saturated rings. The Kier molecular flexibility index (Phi) is 4.08. The number of thioether (sulfide) groups is 1. The number of carbonyl (C=O) groups excluding carboxylic acids is 1. The topological polar surface area (TPSA) is 52.3 Å². The fourth-order valence-electron chi connectivity index (χ4n) is 1.38. The summed E-state index contributed by atoms with van der Waals surface area (Å²) in [5.41, 5.74) is 1.02. The number of aromatic nitrogens is 1. The van der Waals surface area contributed by atoms with Crippen LogP contribution in [0.4, 0.5) is 0 Å². The maximum absolute atomic E-state index is 11.3. The summed E-state index contributed by atoms with van der Waals surface area (Å²) < 4.78 is 11.1. The van der Waals surface area contributed by atoms with Gasteiger partial charge >= 0.3 is 5.97 Å². The fraction of sp³-hybridized carbons (Fsp3) is 0.333. The van der Waals surface area contributed by atoms with E-state index in [-0.39, 0.29) is 11.0 Å². The van der Waals surface area contributed by atoms with Crippen LogP contribution in [0.25, 0.3) is 0 Å². The van der Waals surface area contributed by atoms with Crippen molar-refractivity contribution in [1.29, 1.82) is 0 Å². The molecular weight excluding hydrogens is 270 g/mol. The van der Waals surface area contributed by atoms with Gasteiger partial charge in [0.25, 0.3) is 0 Å². The van der Waals surface area contributed by atoms with Crippen molar-refractivity contribution in [2.75, 3.05) is 7.11 Å². The summed E-state index contributed by atoms with van der Waals surface area (Å²) in [6, 6.07) is 3.43. The molecule has 0 aromatic carbocycles. The Morgan fingerprint density at radius 3 is 2.94 bits per heavy atom. The number of hydrogen-bond acceptors (Lipinski definition) is 6. The Morgan fingerprint density at radius 2 is 2.33 bits per heavy atom. The van der Waals surface area contributed by atoms with Gasteiger partial charge in [-0.3, -0.25) is 0 Å². The highest BCUT2D eigenvalue weighted by Crippen LogP contribution is 2.37. The van der Waals surface area contributed by atoms with Crippen molar-refractivity contribution >= 4 is 29.1 Å². The van der Waals surface area contributed by atoms with Crippen molar-refractivity contribution in [2.24, 2.45) is 0 Å². The fourth-order valence-corrected chi connectivity index (χ4v) is 3.44. The normalized spacial score (nSPS) is 12.4. The number of esters is 1. The number of ether oxygens (including phenoxy) is 1. The summed E-state index contributed by atoms with van der Waals surface area (Å²) >= 11 is 3.22. The lowest BCUT2D eigenvalue weighted by molar-refractivity contribution is 0.0563. The number of hydrogen-bond donors (Lipinski definition) is 0. The monoisotopic (exact) mass is 283 g/mol. The molecule has 2 aromatic heterocycles. The Hall–Kier alpha value is -1.27. The molecule has 0 radical (unpaired) electrons. The minimum atomic E-state index is -0.455. The molecule has 2 aromatic rings. The number of methoxy groups -OCH3 is 1. The average molecular weight is 283 g/mol. The molecule has 2 rings (SSSR count).